The molecule has 1 saturated carbocycles. The van der Waals surface area contributed by atoms with E-state index in [2.05, 4.69) is 18.7 Å². The normalized spacial score (nSPS) is 33.5. The zero-order valence-electron chi connectivity index (χ0n) is 12.5. The van der Waals surface area contributed by atoms with Crippen LogP contribution in [-0.2, 0) is 4.79 Å². The van der Waals surface area contributed by atoms with Crippen molar-refractivity contribution in [3.05, 3.63) is 0 Å². The van der Waals surface area contributed by atoms with Gasteiger partial charge in [0.1, 0.15) is 6.04 Å². The van der Waals surface area contributed by atoms with Gasteiger partial charge in [0.25, 0.3) is 0 Å². The van der Waals surface area contributed by atoms with Gasteiger partial charge < -0.3 is 5.11 Å². The largest absolute Gasteiger partial charge is 0.480 e. The van der Waals surface area contributed by atoms with E-state index >= 15 is 0 Å². The van der Waals surface area contributed by atoms with Gasteiger partial charge in [0, 0.05) is 6.54 Å². The summed E-state index contributed by atoms with van der Waals surface area (Å²) in [6.07, 6.45) is 8.37. The molecule has 1 heterocycles. The van der Waals surface area contributed by atoms with Crippen LogP contribution in [0.2, 0.25) is 0 Å². The molecule has 0 radical (unpaired) electrons. The molecule has 0 aromatic carbocycles. The molecule has 0 aromatic heterocycles. The van der Waals surface area contributed by atoms with E-state index < -0.39 is 5.97 Å². The van der Waals surface area contributed by atoms with Crippen molar-refractivity contribution in [1.29, 1.82) is 0 Å². The fourth-order valence-electron chi connectivity index (χ4n) is 3.86. The third-order valence-electron chi connectivity index (χ3n) is 5.23. The highest BCUT2D eigenvalue weighted by Gasteiger charge is 2.31. The monoisotopic (exact) mass is 267 g/mol. The quantitative estimate of drug-likeness (QED) is 0.849. The van der Waals surface area contributed by atoms with E-state index in [-0.39, 0.29) is 6.04 Å². The van der Waals surface area contributed by atoms with Gasteiger partial charge in [0.05, 0.1) is 0 Å². The van der Waals surface area contributed by atoms with Gasteiger partial charge in [-0.1, -0.05) is 20.3 Å². The van der Waals surface area contributed by atoms with E-state index in [1.54, 1.807) is 0 Å². The molecule has 2 fully saturated rings. The molecule has 1 saturated heterocycles. The fourth-order valence-corrected chi connectivity index (χ4v) is 3.86. The van der Waals surface area contributed by atoms with Gasteiger partial charge in [-0.3, -0.25) is 9.69 Å². The maximum absolute atomic E-state index is 11.3. The first-order chi connectivity index (χ1) is 9.08. The van der Waals surface area contributed by atoms with E-state index in [0.29, 0.717) is 0 Å². The van der Waals surface area contributed by atoms with Gasteiger partial charge in [-0.15, -0.1) is 0 Å². The highest BCUT2D eigenvalue weighted by atomic mass is 16.4. The highest BCUT2D eigenvalue weighted by molar-refractivity contribution is 5.73. The number of likely N-dealkylation sites (tertiary alicyclic amines) is 1. The third kappa shape index (κ3) is 3.95. The topological polar surface area (TPSA) is 40.5 Å². The lowest BCUT2D eigenvalue weighted by atomic mass is 9.76. The highest BCUT2D eigenvalue weighted by Crippen LogP contribution is 2.34. The second-order valence-electron chi connectivity index (χ2n) is 6.87. The first kappa shape index (κ1) is 14.8. The summed E-state index contributed by atoms with van der Waals surface area (Å²) >= 11 is 0. The summed E-state index contributed by atoms with van der Waals surface area (Å²) in [5.74, 6) is 1.82. The minimum absolute atomic E-state index is 0.212. The van der Waals surface area contributed by atoms with Crippen LogP contribution >= 0.6 is 0 Å². The second-order valence-corrected chi connectivity index (χ2v) is 6.87. The third-order valence-corrected chi connectivity index (χ3v) is 5.23. The van der Waals surface area contributed by atoms with Gasteiger partial charge in [-0.2, -0.15) is 0 Å². The Labute approximate surface area is 117 Å². The molecular formula is C16H29NO2. The summed E-state index contributed by atoms with van der Waals surface area (Å²) in [5.41, 5.74) is 0. The molecule has 0 amide bonds. The lowest BCUT2D eigenvalue weighted by Crippen LogP contribution is -2.47. The average molecular weight is 267 g/mol. The maximum atomic E-state index is 11.3. The number of piperidine rings is 1. The molecule has 1 aliphatic heterocycles. The van der Waals surface area contributed by atoms with E-state index in [1.165, 1.54) is 32.1 Å². The number of hydrogen-bond acceptors (Lipinski definition) is 2. The van der Waals surface area contributed by atoms with E-state index in [4.69, 9.17) is 0 Å². The predicted octanol–water partition coefficient (Wildman–Crippen LogP) is 3.39. The lowest BCUT2D eigenvalue weighted by Gasteiger charge is -2.38. The van der Waals surface area contributed by atoms with E-state index in [0.717, 1.165) is 43.7 Å². The van der Waals surface area contributed by atoms with Crippen LogP contribution in [0, 0.1) is 17.8 Å². The number of aliphatic carboxylic acids is 1. The number of carboxylic acid groups (broad SMARTS) is 1. The van der Waals surface area contributed by atoms with Crippen molar-refractivity contribution in [2.45, 2.75) is 64.8 Å². The molecule has 1 aliphatic carbocycles. The Kier molecular flexibility index (Phi) is 5.26. The van der Waals surface area contributed by atoms with Crippen molar-refractivity contribution in [1.82, 2.24) is 4.90 Å². The van der Waals surface area contributed by atoms with Crippen molar-refractivity contribution in [2.75, 3.05) is 13.1 Å². The summed E-state index contributed by atoms with van der Waals surface area (Å²) in [6.45, 7) is 6.66. The van der Waals surface area contributed by atoms with Crippen LogP contribution < -0.4 is 0 Å². The van der Waals surface area contributed by atoms with Crippen LogP contribution in [0.15, 0.2) is 0 Å². The van der Waals surface area contributed by atoms with Gasteiger partial charge >= 0.3 is 5.97 Å². The second kappa shape index (κ2) is 6.74. The molecule has 110 valence electrons. The summed E-state index contributed by atoms with van der Waals surface area (Å²) in [7, 11) is 0. The minimum Gasteiger partial charge on any atom is -0.480 e. The first-order valence-corrected chi connectivity index (χ1v) is 8.04. The molecule has 1 N–H and O–H groups in total. The number of rotatable bonds is 4. The molecule has 19 heavy (non-hydrogen) atoms. The molecule has 2 aliphatic rings. The fraction of sp³-hybridized carbons (Fsp3) is 0.938. The first-order valence-electron chi connectivity index (χ1n) is 8.04. The Morgan fingerprint density at radius 2 is 1.84 bits per heavy atom. The minimum atomic E-state index is -0.615. The molecular weight excluding hydrogens is 238 g/mol. The molecule has 3 nitrogen and oxygen atoms in total. The molecule has 3 heteroatoms. The van der Waals surface area contributed by atoms with Gasteiger partial charge in [0.15, 0.2) is 0 Å². The number of carbonyl (C=O) groups is 1. The van der Waals surface area contributed by atoms with Gasteiger partial charge in [-0.25, -0.2) is 0 Å². The van der Waals surface area contributed by atoms with Crippen molar-refractivity contribution < 1.29 is 9.90 Å². The molecule has 0 bridgehead atoms. The number of carboxylic acids is 1. The van der Waals surface area contributed by atoms with Crippen LogP contribution in [0.5, 0.6) is 0 Å². The standard InChI is InChI=1S/C16H29NO2/c1-12(2)14-8-6-13(7-9-14)11-17-10-4-3-5-15(17)16(18)19/h12-15H,3-11H2,1-2H3,(H,18,19). The Hall–Kier alpha value is -0.570. The lowest BCUT2D eigenvalue weighted by molar-refractivity contribution is -0.145. The summed E-state index contributed by atoms with van der Waals surface area (Å²) in [6, 6.07) is -0.212. The molecule has 1 unspecified atom stereocenters. The maximum Gasteiger partial charge on any atom is 0.320 e. The Balaban J connectivity index is 1.82. The molecule has 2 rings (SSSR count). The molecule has 0 aromatic rings. The Morgan fingerprint density at radius 1 is 1.16 bits per heavy atom. The van der Waals surface area contributed by atoms with Crippen LogP contribution in [-0.4, -0.2) is 35.1 Å². The zero-order valence-corrected chi connectivity index (χ0v) is 12.5. The number of nitrogens with zero attached hydrogens (tertiary/aromatic N) is 1. The summed E-state index contributed by atoms with van der Waals surface area (Å²) < 4.78 is 0. The molecule has 0 spiro atoms. The van der Waals surface area contributed by atoms with Crippen LogP contribution in [0.3, 0.4) is 0 Å². The zero-order chi connectivity index (χ0) is 13.8. The smallest absolute Gasteiger partial charge is 0.320 e. The van der Waals surface area contributed by atoms with E-state index in [9.17, 15) is 9.90 Å². The van der Waals surface area contributed by atoms with Crippen molar-refractivity contribution >= 4 is 5.97 Å². The van der Waals surface area contributed by atoms with Crippen molar-refractivity contribution in [3.8, 4) is 0 Å². The summed E-state index contributed by atoms with van der Waals surface area (Å²) in [5, 5.41) is 9.31. The predicted molar refractivity (Wildman–Crippen MR) is 77.1 cm³/mol. The SMILES string of the molecule is CC(C)C1CCC(CN2CCCCC2C(=O)O)CC1. The van der Waals surface area contributed by atoms with Crippen LogP contribution in [0.25, 0.3) is 0 Å². The van der Waals surface area contributed by atoms with Crippen molar-refractivity contribution in [2.24, 2.45) is 17.8 Å². The van der Waals surface area contributed by atoms with E-state index in [1.807, 2.05) is 0 Å². The number of hydrogen-bond donors (Lipinski definition) is 1. The Morgan fingerprint density at radius 3 is 2.42 bits per heavy atom. The molecule has 1 atom stereocenters. The van der Waals surface area contributed by atoms with Crippen LogP contribution in [0.1, 0.15) is 58.8 Å². The Bertz CT molecular complexity index is 295. The van der Waals surface area contributed by atoms with Crippen LogP contribution in [0.4, 0.5) is 0 Å². The van der Waals surface area contributed by atoms with Gasteiger partial charge in [-0.05, 0) is 62.8 Å². The average Bonchev–Trinajstić information content (AvgIpc) is 2.39. The summed E-state index contributed by atoms with van der Waals surface area (Å²) in [4.78, 5) is 13.5. The van der Waals surface area contributed by atoms with Crippen molar-refractivity contribution in [3.63, 3.8) is 0 Å². The van der Waals surface area contributed by atoms with Gasteiger partial charge in [0.2, 0.25) is 0 Å².